The molecule has 0 aromatic carbocycles. The summed E-state index contributed by atoms with van der Waals surface area (Å²) in [7, 11) is -9.35. The van der Waals surface area contributed by atoms with Crippen LogP contribution in [0, 0.1) is 0 Å². The summed E-state index contributed by atoms with van der Waals surface area (Å²) in [6.07, 6.45) is 27.7. The number of allylic oxidation sites excluding steroid dienone is 2. The molecule has 8 N–H and O–H groups in total. The lowest BCUT2D eigenvalue weighted by atomic mass is 9.95. The van der Waals surface area contributed by atoms with E-state index >= 15 is 0 Å². The summed E-state index contributed by atoms with van der Waals surface area (Å²) < 4.78 is 73.0. The molecule has 0 spiro atoms. The van der Waals surface area contributed by atoms with Gasteiger partial charge in [0.05, 0.1) is 25.7 Å². The lowest BCUT2D eigenvalue weighted by Gasteiger charge is -2.47. The predicted octanol–water partition coefficient (Wildman–Crippen LogP) is 13.0. The minimum absolute atomic E-state index is 0.0695. The third kappa shape index (κ3) is 40.4. The van der Waals surface area contributed by atoms with Gasteiger partial charge in [0, 0.05) is 33.2 Å². The Morgan fingerprint density at radius 2 is 0.920 bits per heavy atom. The van der Waals surface area contributed by atoms with Crippen LogP contribution in [0.25, 0.3) is 0 Å². The zero-order chi connectivity index (χ0) is 64.7. The number of hydrogen-bond acceptors (Lipinski definition) is 15. The first kappa shape index (κ1) is 82.3. The number of carbonyl (C=O) groups excluding carboxylic acids is 3. The van der Waals surface area contributed by atoms with E-state index in [1.165, 1.54) is 58.5 Å². The summed E-state index contributed by atoms with van der Waals surface area (Å²) in [5, 5.41) is 28.8. The number of rotatable bonds is 58. The van der Waals surface area contributed by atoms with Crippen LogP contribution in [0.3, 0.4) is 0 Å². The van der Waals surface area contributed by atoms with Crippen molar-refractivity contribution in [1.29, 1.82) is 0 Å². The van der Waals surface area contributed by atoms with Gasteiger partial charge in [0.2, 0.25) is 11.8 Å². The molecule has 21 nitrogen and oxygen atoms in total. The maximum atomic E-state index is 14.1. The number of carbonyl (C=O) groups is 3. The maximum Gasteiger partial charge on any atom is 0.472 e. The quantitative estimate of drug-likeness (QED) is 0.0121. The molecule has 0 bridgehead atoms. The second kappa shape index (κ2) is 51.6. The van der Waals surface area contributed by atoms with E-state index in [2.05, 4.69) is 50.5 Å². The van der Waals surface area contributed by atoms with E-state index in [1.54, 1.807) is 0 Å². The third-order valence-electron chi connectivity index (χ3n) is 16.5. The predicted molar refractivity (Wildman–Crippen MR) is 342 cm³/mol. The Morgan fingerprint density at radius 3 is 1.45 bits per heavy atom. The number of Topliss-reactive ketones (excluding diaryl/α,β-unsaturated/α-hetero) is 1. The number of hydrogen-bond donors (Lipinski definition) is 8. The van der Waals surface area contributed by atoms with Crippen LogP contribution in [0.5, 0.6) is 0 Å². The van der Waals surface area contributed by atoms with Gasteiger partial charge < -0.3 is 68.8 Å². The van der Waals surface area contributed by atoms with Gasteiger partial charge in [0.1, 0.15) is 54.5 Å². The number of phosphoric ester groups is 2. The average Bonchev–Trinajstić information content (AvgIpc) is 2.12. The molecule has 0 aromatic heterocycles. The van der Waals surface area contributed by atoms with Crippen molar-refractivity contribution in [3.8, 4) is 0 Å². The van der Waals surface area contributed by atoms with E-state index in [-0.39, 0.29) is 44.9 Å². The molecular formula is C65H124N2O19P2. The van der Waals surface area contributed by atoms with Crippen molar-refractivity contribution in [1.82, 2.24) is 10.6 Å². The zero-order valence-corrected chi connectivity index (χ0v) is 56.8. The van der Waals surface area contributed by atoms with Crippen molar-refractivity contribution in [2.24, 2.45) is 0 Å². The van der Waals surface area contributed by atoms with Gasteiger partial charge >= 0.3 is 15.6 Å². The molecule has 0 aliphatic carbocycles. The standard InChI is InChI=1S/C65H124N2O19P2/c1-6-10-14-18-21-24-25-26-27-28-29-31-33-37-41-45-56(70)66-59-63(81-48-46-52(68)43-39-35-17-13-9-4)61(85-87(73,74)75)55(50-79-5)84-64(59)82-51-54-60(72)62(80-47-42-38-34-23-20-16-12-8-3)58(65(83-54)86-88(76,77)78)67-57(71)49-53(69)44-40-36-32-30-22-19-15-11-7-2/h24-25,52,54-55,58-65,68,72H,6-23,26-51H2,1-5H3,(H,66,70)(H,67,71)(H2,73,74,75)(H2,76,77,78)/t52?,54-,55-,58-,59-,60-,61-,62-,63-,64-,65-/m1/s1. The van der Waals surface area contributed by atoms with Crippen molar-refractivity contribution in [3.05, 3.63) is 12.2 Å². The van der Waals surface area contributed by atoms with E-state index in [1.807, 2.05) is 0 Å². The smallest absolute Gasteiger partial charge is 0.393 e. The Labute approximate surface area is 530 Å². The molecule has 0 saturated carbocycles. The fourth-order valence-corrected chi connectivity index (χ4v) is 12.5. The zero-order valence-electron chi connectivity index (χ0n) is 55.0. The monoisotopic (exact) mass is 1300 g/mol. The second-order valence-corrected chi connectivity index (χ2v) is 27.0. The fraction of sp³-hybridized carbons (Fsp3) is 0.923. The van der Waals surface area contributed by atoms with E-state index in [4.69, 9.17) is 37.5 Å². The van der Waals surface area contributed by atoms with Gasteiger partial charge in [-0.05, 0) is 57.8 Å². The molecule has 23 heteroatoms. The number of phosphoric acid groups is 2. The molecule has 2 fully saturated rings. The highest BCUT2D eigenvalue weighted by Gasteiger charge is 2.53. The molecule has 518 valence electrons. The first-order chi connectivity index (χ1) is 42.4. The number of aliphatic hydroxyl groups excluding tert-OH is 2. The van der Waals surface area contributed by atoms with Gasteiger partial charge in [-0.15, -0.1) is 0 Å². The minimum atomic E-state index is -5.40. The highest BCUT2D eigenvalue weighted by molar-refractivity contribution is 7.46. The van der Waals surface area contributed by atoms with Crippen molar-refractivity contribution >= 4 is 33.2 Å². The molecule has 2 aliphatic rings. The van der Waals surface area contributed by atoms with Crippen LogP contribution < -0.4 is 10.6 Å². The molecule has 2 rings (SSSR count). The molecule has 2 amide bonds. The molecule has 2 saturated heterocycles. The maximum absolute atomic E-state index is 14.1. The number of methoxy groups -OCH3 is 1. The fourth-order valence-electron chi connectivity index (χ4n) is 11.5. The van der Waals surface area contributed by atoms with E-state index < -0.39 is 108 Å². The summed E-state index contributed by atoms with van der Waals surface area (Å²) in [5.41, 5.74) is 0. The van der Waals surface area contributed by atoms with E-state index in [0.717, 1.165) is 154 Å². The van der Waals surface area contributed by atoms with E-state index in [9.17, 15) is 53.3 Å². The lowest BCUT2D eigenvalue weighted by Crippen LogP contribution is -2.67. The van der Waals surface area contributed by atoms with Crippen LogP contribution >= 0.6 is 15.6 Å². The summed E-state index contributed by atoms with van der Waals surface area (Å²) >= 11 is 0. The molecular weight excluding hydrogens is 1170 g/mol. The molecule has 2 heterocycles. The number of amides is 2. The van der Waals surface area contributed by atoms with Crippen molar-refractivity contribution in [2.75, 3.05) is 33.5 Å². The number of aliphatic hydroxyl groups is 2. The van der Waals surface area contributed by atoms with Gasteiger partial charge in [-0.25, -0.2) is 9.13 Å². The Balaban J connectivity index is 2.43. The summed E-state index contributed by atoms with van der Waals surface area (Å²) in [5.74, 6) is -1.56. The highest BCUT2D eigenvalue weighted by atomic mass is 31.2. The molecule has 0 aromatic rings. The van der Waals surface area contributed by atoms with Gasteiger partial charge in [-0.2, -0.15) is 0 Å². The van der Waals surface area contributed by atoms with Gasteiger partial charge in [0.15, 0.2) is 12.6 Å². The number of nitrogens with one attached hydrogen (secondary N) is 2. The van der Waals surface area contributed by atoms with Crippen LogP contribution in [0.2, 0.25) is 0 Å². The number of unbranched alkanes of at least 4 members (excludes halogenated alkanes) is 30. The van der Waals surface area contributed by atoms with Crippen molar-refractivity contribution < 1.29 is 90.8 Å². The largest absolute Gasteiger partial charge is 0.472 e. The Bertz CT molecular complexity index is 1880. The Morgan fingerprint density at radius 1 is 0.477 bits per heavy atom. The first-order valence-electron chi connectivity index (χ1n) is 34.6. The van der Waals surface area contributed by atoms with Crippen LogP contribution in [0.15, 0.2) is 12.2 Å². The molecule has 88 heavy (non-hydrogen) atoms. The average molecular weight is 1300 g/mol. The SMILES string of the molecule is CCCCCCC=CCCCCCCCCCC(=O)N[C@H]1[C@H](OC[C@H]2O[C@H](OP(=O)(O)O)[C@H](NC(=O)CC(=O)CCCCCCCCCCC)[C@@H](OCCCCCCCCCC)[C@@H]2O)O[C@H](COC)[C@@H](OP(=O)(O)O)[C@@H]1OCCC(O)CCCCCCC. The third-order valence-corrected chi connectivity index (χ3v) is 17.5. The molecule has 0 radical (unpaired) electrons. The van der Waals surface area contributed by atoms with Gasteiger partial charge in [0.25, 0.3) is 0 Å². The van der Waals surface area contributed by atoms with Crippen LogP contribution in [-0.4, -0.2) is 148 Å². The second-order valence-electron chi connectivity index (χ2n) is 24.6. The van der Waals surface area contributed by atoms with Crippen molar-refractivity contribution in [2.45, 2.75) is 352 Å². The molecule has 2 aliphatic heterocycles. The lowest BCUT2D eigenvalue weighted by molar-refractivity contribution is -0.301. The van der Waals surface area contributed by atoms with Gasteiger partial charge in [-0.3, -0.25) is 23.4 Å². The van der Waals surface area contributed by atoms with Crippen molar-refractivity contribution in [3.63, 3.8) is 0 Å². The topological polar surface area (TPSA) is 305 Å². The van der Waals surface area contributed by atoms with E-state index in [0.29, 0.717) is 25.7 Å². The van der Waals surface area contributed by atoms with Crippen LogP contribution in [0.4, 0.5) is 0 Å². The summed E-state index contributed by atoms with van der Waals surface area (Å²) in [4.78, 5) is 81.9. The Hall–Kier alpha value is -1.75. The number of ketones is 1. The first-order valence-corrected chi connectivity index (χ1v) is 37.7. The number of ether oxygens (including phenoxy) is 6. The highest BCUT2D eigenvalue weighted by Crippen LogP contribution is 2.44. The molecule has 11 atom stereocenters. The summed E-state index contributed by atoms with van der Waals surface area (Å²) in [6.45, 7) is 7.68. The van der Waals surface area contributed by atoms with Crippen LogP contribution in [-0.2, 0) is 61.0 Å². The Kier molecular flexibility index (Phi) is 48.3. The normalized spacial score (nSPS) is 23.0. The summed E-state index contributed by atoms with van der Waals surface area (Å²) in [6, 6.07) is -2.89. The minimum Gasteiger partial charge on any atom is -0.393 e. The van der Waals surface area contributed by atoms with Crippen LogP contribution in [0.1, 0.15) is 285 Å². The van der Waals surface area contributed by atoms with Gasteiger partial charge in [-0.1, -0.05) is 220 Å². The molecule has 1 unspecified atom stereocenters.